The number of phenolic OH excluding ortho intramolecular Hbond substituents is 1. The molecule has 18 heavy (non-hydrogen) atoms. The monoisotopic (exact) mass is 244 g/mol. The number of carboxylic acid groups (broad SMARTS) is 1. The van der Waals surface area contributed by atoms with Crippen LogP contribution in [-0.4, -0.2) is 21.3 Å². The van der Waals surface area contributed by atoms with Crippen LogP contribution in [0.4, 0.5) is 0 Å². The summed E-state index contributed by atoms with van der Waals surface area (Å²) in [5, 5.41) is 27.2. The molecule has 0 aliphatic rings. The van der Waals surface area contributed by atoms with E-state index in [9.17, 15) is 15.0 Å². The smallest absolute Gasteiger partial charge is 0.337 e. The highest BCUT2D eigenvalue weighted by Crippen LogP contribution is 2.23. The van der Waals surface area contributed by atoms with Crippen LogP contribution in [-0.2, 0) is 4.79 Å². The number of rotatable bonds is 3. The molecule has 3 N–H and O–H groups in total. The van der Waals surface area contributed by atoms with Gasteiger partial charge in [0.05, 0.1) is 0 Å². The van der Waals surface area contributed by atoms with E-state index in [1.54, 1.807) is 48.5 Å². The predicted octanol–water partition coefficient (Wildman–Crippen LogP) is 2.18. The molecule has 4 heteroatoms. The minimum absolute atomic E-state index is 0.191. The Balaban J connectivity index is 2.27. The van der Waals surface area contributed by atoms with Crippen LogP contribution in [0.15, 0.2) is 48.5 Å². The number of benzene rings is 2. The first kappa shape index (κ1) is 12.1. The number of phenols is 1. The van der Waals surface area contributed by atoms with Crippen molar-refractivity contribution in [1.82, 2.24) is 0 Å². The first-order valence-corrected chi connectivity index (χ1v) is 5.38. The van der Waals surface area contributed by atoms with E-state index in [1.807, 2.05) is 0 Å². The minimum Gasteiger partial charge on any atom is -0.508 e. The van der Waals surface area contributed by atoms with Crippen LogP contribution in [0.1, 0.15) is 11.7 Å². The Kier molecular flexibility index (Phi) is 3.30. The van der Waals surface area contributed by atoms with E-state index in [0.29, 0.717) is 5.56 Å². The number of aromatic hydroxyl groups is 1. The van der Waals surface area contributed by atoms with Gasteiger partial charge in [0, 0.05) is 0 Å². The summed E-state index contributed by atoms with van der Waals surface area (Å²) in [6.07, 6.45) is -1.50. The van der Waals surface area contributed by atoms with E-state index >= 15 is 0 Å². The van der Waals surface area contributed by atoms with Gasteiger partial charge in [-0.25, -0.2) is 4.79 Å². The van der Waals surface area contributed by atoms with Crippen molar-refractivity contribution < 1.29 is 20.1 Å². The molecule has 1 unspecified atom stereocenters. The predicted molar refractivity (Wildman–Crippen MR) is 66.1 cm³/mol. The molecule has 1 atom stereocenters. The lowest BCUT2D eigenvalue weighted by Gasteiger charge is -2.07. The largest absolute Gasteiger partial charge is 0.508 e. The molecule has 0 heterocycles. The van der Waals surface area contributed by atoms with E-state index < -0.39 is 12.1 Å². The molecule has 2 rings (SSSR count). The average molecular weight is 244 g/mol. The Labute approximate surface area is 104 Å². The van der Waals surface area contributed by atoms with Gasteiger partial charge in [-0.15, -0.1) is 0 Å². The normalized spacial score (nSPS) is 12.1. The van der Waals surface area contributed by atoms with Crippen LogP contribution < -0.4 is 0 Å². The molecular formula is C14H12O4. The number of aliphatic carboxylic acids is 1. The number of hydrogen-bond acceptors (Lipinski definition) is 3. The van der Waals surface area contributed by atoms with Crippen LogP contribution >= 0.6 is 0 Å². The van der Waals surface area contributed by atoms with Crippen LogP contribution in [0.3, 0.4) is 0 Å². The zero-order valence-electron chi connectivity index (χ0n) is 9.45. The first-order valence-electron chi connectivity index (χ1n) is 5.38. The van der Waals surface area contributed by atoms with E-state index in [4.69, 9.17) is 5.11 Å². The Morgan fingerprint density at radius 2 is 1.33 bits per heavy atom. The summed E-state index contributed by atoms with van der Waals surface area (Å²) in [7, 11) is 0. The second-order valence-corrected chi connectivity index (χ2v) is 3.91. The topological polar surface area (TPSA) is 77.8 Å². The van der Waals surface area contributed by atoms with Crippen molar-refractivity contribution in [3.63, 3.8) is 0 Å². The maximum atomic E-state index is 10.6. The van der Waals surface area contributed by atoms with Crippen LogP contribution in [0, 0.1) is 0 Å². The number of hydrogen-bond donors (Lipinski definition) is 3. The SMILES string of the molecule is O=C(O)C(O)c1ccc(-c2ccc(O)cc2)cc1. The standard InChI is InChI=1S/C14H12O4/c15-12-7-5-10(6-8-12)9-1-3-11(4-2-9)13(16)14(17)18/h1-8,13,15-16H,(H,17,18). The van der Waals surface area contributed by atoms with Gasteiger partial charge in [-0.2, -0.15) is 0 Å². The van der Waals surface area contributed by atoms with Gasteiger partial charge in [0.2, 0.25) is 0 Å². The molecule has 0 saturated carbocycles. The van der Waals surface area contributed by atoms with Gasteiger partial charge in [0.1, 0.15) is 5.75 Å². The van der Waals surface area contributed by atoms with Gasteiger partial charge in [0.15, 0.2) is 6.10 Å². The van der Waals surface area contributed by atoms with E-state index in [1.165, 1.54) is 0 Å². The van der Waals surface area contributed by atoms with E-state index in [0.717, 1.165) is 11.1 Å². The second kappa shape index (κ2) is 4.89. The van der Waals surface area contributed by atoms with Gasteiger partial charge in [-0.1, -0.05) is 36.4 Å². The van der Waals surface area contributed by atoms with Crippen molar-refractivity contribution in [3.05, 3.63) is 54.1 Å². The molecule has 92 valence electrons. The summed E-state index contributed by atoms with van der Waals surface area (Å²) in [6.45, 7) is 0. The fourth-order valence-electron chi connectivity index (χ4n) is 1.65. The van der Waals surface area contributed by atoms with Crippen LogP contribution in [0.2, 0.25) is 0 Å². The zero-order valence-corrected chi connectivity index (χ0v) is 9.45. The number of carbonyl (C=O) groups is 1. The maximum absolute atomic E-state index is 10.6. The summed E-state index contributed by atoms with van der Waals surface area (Å²) in [5.41, 5.74) is 2.13. The molecule has 0 aliphatic heterocycles. The van der Waals surface area contributed by atoms with Gasteiger partial charge >= 0.3 is 5.97 Å². The first-order chi connectivity index (χ1) is 8.58. The zero-order chi connectivity index (χ0) is 13.1. The molecule has 0 radical (unpaired) electrons. The third-order valence-electron chi connectivity index (χ3n) is 2.66. The van der Waals surface area contributed by atoms with Gasteiger partial charge in [-0.3, -0.25) is 0 Å². The fourth-order valence-corrected chi connectivity index (χ4v) is 1.65. The molecule has 2 aromatic rings. The summed E-state index contributed by atoms with van der Waals surface area (Å²) in [5.74, 6) is -1.08. The Bertz CT molecular complexity index is 543. The highest BCUT2D eigenvalue weighted by molar-refractivity contribution is 5.74. The third-order valence-corrected chi connectivity index (χ3v) is 2.66. The molecular weight excluding hydrogens is 232 g/mol. The minimum atomic E-state index is -1.50. The second-order valence-electron chi connectivity index (χ2n) is 3.91. The lowest BCUT2D eigenvalue weighted by molar-refractivity contribution is -0.146. The molecule has 0 aliphatic carbocycles. The molecule has 0 amide bonds. The van der Waals surface area contributed by atoms with Gasteiger partial charge in [0.25, 0.3) is 0 Å². The summed E-state index contributed by atoms with van der Waals surface area (Å²) >= 11 is 0. The van der Waals surface area contributed by atoms with Crippen LogP contribution in [0.25, 0.3) is 11.1 Å². The van der Waals surface area contributed by atoms with Gasteiger partial charge < -0.3 is 15.3 Å². The van der Waals surface area contributed by atoms with E-state index in [-0.39, 0.29) is 5.75 Å². The van der Waals surface area contributed by atoms with Crippen molar-refractivity contribution in [2.45, 2.75) is 6.10 Å². The van der Waals surface area contributed by atoms with Crippen molar-refractivity contribution in [1.29, 1.82) is 0 Å². The highest BCUT2D eigenvalue weighted by Gasteiger charge is 2.15. The average Bonchev–Trinajstić information content (AvgIpc) is 2.39. The number of carboxylic acids is 1. The van der Waals surface area contributed by atoms with Crippen LogP contribution in [0.5, 0.6) is 5.75 Å². The molecule has 0 aromatic heterocycles. The fraction of sp³-hybridized carbons (Fsp3) is 0.0714. The number of aliphatic hydroxyl groups excluding tert-OH is 1. The van der Waals surface area contributed by atoms with Crippen molar-refractivity contribution >= 4 is 5.97 Å². The molecule has 0 fully saturated rings. The Morgan fingerprint density at radius 3 is 1.78 bits per heavy atom. The molecule has 4 nitrogen and oxygen atoms in total. The molecule has 0 saturated heterocycles. The molecule has 2 aromatic carbocycles. The molecule has 0 spiro atoms. The maximum Gasteiger partial charge on any atom is 0.337 e. The van der Waals surface area contributed by atoms with Gasteiger partial charge in [-0.05, 0) is 28.8 Å². The third kappa shape index (κ3) is 2.49. The summed E-state index contributed by atoms with van der Waals surface area (Å²) in [4.78, 5) is 10.6. The highest BCUT2D eigenvalue weighted by atomic mass is 16.4. The quantitative estimate of drug-likeness (QED) is 0.773. The summed E-state index contributed by atoms with van der Waals surface area (Å²) in [6, 6.07) is 13.3. The lowest BCUT2D eigenvalue weighted by Crippen LogP contribution is -2.09. The van der Waals surface area contributed by atoms with E-state index in [2.05, 4.69) is 0 Å². The van der Waals surface area contributed by atoms with Crippen molar-refractivity contribution in [2.24, 2.45) is 0 Å². The van der Waals surface area contributed by atoms with Crippen molar-refractivity contribution in [3.8, 4) is 16.9 Å². The summed E-state index contributed by atoms with van der Waals surface area (Å²) < 4.78 is 0. The molecule has 0 bridgehead atoms. The Hall–Kier alpha value is -2.33. The number of aliphatic hydroxyl groups is 1. The van der Waals surface area contributed by atoms with Crippen molar-refractivity contribution in [2.75, 3.05) is 0 Å². The lowest BCUT2D eigenvalue weighted by atomic mass is 10.0. The Morgan fingerprint density at radius 1 is 0.889 bits per heavy atom.